The molecule has 0 aliphatic heterocycles. The summed E-state index contributed by atoms with van der Waals surface area (Å²) in [4.78, 5) is 0. The van der Waals surface area contributed by atoms with Crippen LogP contribution in [0, 0.1) is 5.92 Å². The fourth-order valence-electron chi connectivity index (χ4n) is 2.49. The molecule has 2 aromatic rings. The van der Waals surface area contributed by atoms with E-state index in [2.05, 4.69) is 43.3 Å². The maximum absolute atomic E-state index is 5.59. The van der Waals surface area contributed by atoms with E-state index in [-0.39, 0.29) is 0 Å². The van der Waals surface area contributed by atoms with Crippen LogP contribution in [0.4, 0.5) is 0 Å². The lowest BCUT2D eigenvalue weighted by molar-refractivity contribution is 0.415. The lowest BCUT2D eigenvalue weighted by atomic mass is 9.97. The predicted octanol–water partition coefficient (Wildman–Crippen LogP) is 4.28. The maximum Gasteiger partial charge on any atom is 0.118 e. The molecule has 0 saturated heterocycles. The van der Waals surface area contributed by atoms with E-state index in [1.54, 1.807) is 7.11 Å². The number of hydrogen-bond donors (Lipinski definition) is 1. The number of nitrogens with two attached hydrogens (primary N) is 1. The fraction of sp³-hybridized carbons (Fsp3) is 0.368. The zero-order valence-corrected chi connectivity index (χ0v) is 13.0. The number of ether oxygens (including phenoxy) is 1. The second kappa shape index (κ2) is 7.84. The Morgan fingerprint density at radius 3 is 2.00 bits per heavy atom. The zero-order valence-electron chi connectivity index (χ0n) is 13.0. The predicted molar refractivity (Wildman–Crippen MR) is 89.6 cm³/mol. The number of benzene rings is 2. The number of hydrogen-bond acceptors (Lipinski definition) is 2. The summed E-state index contributed by atoms with van der Waals surface area (Å²) in [6.45, 7) is 3.07. The fourth-order valence-corrected chi connectivity index (χ4v) is 2.49. The van der Waals surface area contributed by atoms with E-state index in [0.717, 1.165) is 25.1 Å². The molecule has 0 aromatic heterocycles. The molecule has 21 heavy (non-hydrogen) atoms. The standard InChI is InChI=1S/C19H25NO/c1-15(13-14-20)3-4-16-5-7-17(8-6-16)18-9-11-19(21-2)12-10-18/h5-12,15H,3-4,13-14,20H2,1-2H3. The number of methoxy groups -OCH3 is 1. The van der Waals surface area contributed by atoms with Gasteiger partial charge in [0.2, 0.25) is 0 Å². The Labute approximate surface area is 127 Å². The van der Waals surface area contributed by atoms with Crippen molar-refractivity contribution < 1.29 is 4.74 Å². The van der Waals surface area contributed by atoms with E-state index in [1.807, 2.05) is 12.1 Å². The summed E-state index contributed by atoms with van der Waals surface area (Å²) in [5, 5.41) is 0. The van der Waals surface area contributed by atoms with Crippen LogP contribution in [0.1, 0.15) is 25.3 Å². The Balaban J connectivity index is 1.97. The van der Waals surface area contributed by atoms with Crippen LogP contribution in [0.15, 0.2) is 48.5 Å². The minimum absolute atomic E-state index is 0.705. The first-order valence-electron chi connectivity index (χ1n) is 7.66. The molecule has 0 aliphatic carbocycles. The maximum atomic E-state index is 5.59. The first-order chi connectivity index (χ1) is 10.2. The minimum Gasteiger partial charge on any atom is -0.497 e. The summed E-state index contributed by atoms with van der Waals surface area (Å²) >= 11 is 0. The molecule has 0 aliphatic rings. The Bertz CT molecular complexity index is 530. The van der Waals surface area contributed by atoms with Gasteiger partial charge >= 0.3 is 0 Å². The van der Waals surface area contributed by atoms with Gasteiger partial charge in [-0.05, 0) is 60.5 Å². The quantitative estimate of drug-likeness (QED) is 0.823. The van der Waals surface area contributed by atoms with Crippen molar-refractivity contribution in [2.24, 2.45) is 11.7 Å². The van der Waals surface area contributed by atoms with Gasteiger partial charge < -0.3 is 10.5 Å². The van der Waals surface area contributed by atoms with Gasteiger partial charge in [0.1, 0.15) is 5.75 Å². The van der Waals surface area contributed by atoms with Crippen LogP contribution in [0.5, 0.6) is 5.75 Å². The number of aryl methyl sites for hydroxylation is 1. The zero-order chi connectivity index (χ0) is 15.1. The first kappa shape index (κ1) is 15.6. The average Bonchev–Trinajstić information content (AvgIpc) is 2.54. The molecule has 2 aromatic carbocycles. The second-order valence-electron chi connectivity index (χ2n) is 5.65. The SMILES string of the molecule is COc1ccc(-c2ccc(CCC(C)CCN)cc2)cc1. The van der Waals surface area contributed by atoms with Crippen molar-refractivity contribution in [1.29, 1.82) is 0 Å². The largest absolute Gasteiger partial charge is 0.497 e. The summed E-state index contributed by atoms with van der Waals surface area (Å²) in [7, 11) is 1.69. The molecule has 0 radical (unpaired) electrons. The van der Waals surface area contributed by atoms with Gasteiger partial charge in [-0.2, -0.15) is 0 Å². The van der Waals surface area contributed by atoms with Crippen LogP contribution in [-0.4, -0.2) is 13.7 Å². The summed E-state index contributed by atoms with van der Waals surface area (Å²) in [6, 6.07) is 17.0. The molecule has 2 heteroatoms. The van der Waals surface area contributed by atoms with Crippen LogP contribution in [0.25, 0.3) is 11.1 Å². The van der Waals surface area contributed by atoms with Gasteiger partial charge in [-0.1, -0.05) is 43.3 Å². The van der Waals surface area contributed by atoms with E-state index in [1.165, 1.54) is 23.1 Å². The highest BCUT2D eigenvalue weighted by Gasteiger charge is 2.03. The highest BCUT2D eigenvalue weighted by molar-refractivity contribution is 5.64. The van der Waals surface area contributed by atoms with Gasteiger partial charge in [0.15, 0.2) is 0 Å². The summed E-state index contributed by atoms with van der Waals surface area (Å²) in [6.07, 6.45) is 3.45. The highest BCUT2D eigenvalue weighted by Crippen LogP contribution is 2.23. The van der Waals surface area contributed by atoms with Crippen LogP contribution < -0.4 is 10.5 Å². The van der Waals surface area contributed by atoms with Crippen molar-refractivity contribution in [1.82, 2.24) is 0 Å². The molecular weight excluding hydrogens is 258 g/mol. The number of rotatable bonds is 7. The third-order valence-electron chi connectivity index (χ3n) is 3.96. The van der Waals surface area contributed by atoms with Crippen molar-refractivity contribution in [2.45, 2.75) is 26.2 Å². The molecule has 1 atom stereocenters. The Morgan fingerprint density at radius 2 is 1.48 bits per heavy atom. The molecule has 2 nitrogen and oxygen atoms in total. The smallest absolute Gasteiger partial charge is 0.118 e. The molecule has 0 saturated carbocycles. The van der Waals surface area contributed by atoms with E-state index >= 15 is 0 Å². The van der Waals surface area contributed by atoms with Crippen LogP contribution in [-0.2, 0) is 6.42 Å². The molecular formula is C19H25NO. The molecule has 0 amide bonds. The summed E-state index contributed by atoms with van der Waals surface area (Å²) in [5.41, 5.74) is 9.46. The molecule has 1 unspecified atom stereocenters. The molecule has 0 heterocycles. The van der Waals surface area contributed by atoms with Crippen LogP contribution >= 0.6 is 0 Å². The molecule has 0 bridgehead atoms. The molecule has 112 valence electrons. The molecule has 2 rings (SSSR count). The van der Waals surface area contributed by atoms with Crippen LogP contribution in [0.2, 0.25) is 0 Å². The lowest BCUT2D eigenvalue weighted by Crippen LogP contribution is -2.06. The highest BCUT2D eigenvalue weighted by atomic mass is 16.5. The Morgan fingerprint density at radius 1 is 0.905 bits per heavy atom. The normalized spacial score (nSPS) is 12.1. The van der Waals surface area contributed by atoms with Crippen molar-refractivity contribution >= 4 is 0 Å². The van der Waals surface area contributed by atoms with E-state index < -0.39 is 0 Å². The monoisotopic (exact) mass is 283 g/mol. The van der Waals surface area contributed by atoms with Crippen LogP contribution in [0.3, 0.4) is 0 Å². The summed E-state index contributed by atoms with van der Waals surface area (Å²) < 4.78 is 5.19. The Hall–Kier alpha value is -1.80. The van der Waals surface area contributed by atoms with Gasteiger partial charge in [-0.25, -0.2) is 0 Å². The van der Waals surface area contributed by atoms with Gasteiger partial charge in [0.25, 0.3) is 0 Å². The van der Waals surface area contributed by atoms with Crippen molar-refractivity contribution in [3.8, 4) is 16.9 Å². The second-order valence-corrected chi connectivity index (χ2v) is 5.65. The third-order valence-corrected chi connectivity index (χ3v) is 3.96. The van der Waals surface area contributed by atoms with Gasteiger partial charge in [-0.3, -0.25) is 0 Å². The molecule has 0 fully saturated rings. The van der Waals surface area contributed by atoms with E-state index in [0.29, 0.717) is 5.92 Å². The average molecular weight is 283 g/mol. The van der Waals surface area contributed by atoms with Gasteiger partial charge in [-0.15, -0.1) is 0 Å². The van der Waals surface area contributed by atoms with Crippen molar-refractivity contribution in [2.75, 3.05) is 13.7 Å². The minimum atomic E-state index is 0.705. The first-order valence-corrected chi connectivity index (χ1v) is 7.66. The van der Waals surface area contributed by atoms with Gasteiger partial charge in [0, 0.05) is 0 Å². The Kier molecular flexibility index (Phi) is 5.82. The topological polar surface area (TPSA) is 35.2 Å². The van der Waals surface area contributed by atoms with Crippen molar-refractivity contribution in [3.05, 3.63) is 54.1 Å². The summed E-state index contributed by atoms with van der Waals surface area (Å²) in [5.74, 6) is 1.60. The molecule has 0 spiro atoms. The van der Waals surface area contributed by atoms with Gasteiger partial charge in [0.05, 0.1) is 7.11 Å². The lowest BCUT2D eigenvalue weighted by Gasteiger charge is -2.10. The van der Waals surface area contributed by atoms with E-state index in [4.69, 9.17) is 10.5 Å². The molecule has 2 N–H and O–H groups in total. The van der Waals surface area contributed by atoms with Crippen molar-refractivity contribution in [3.63, 3.8) is 0 Å². The van der Waals surface area contributed by atoms with E-state index in [9.17, 15) is 0 Å². The third kappa shape index (κ3) is 4.61.